The van der Waals surface area contributed by atoms with E-state index in [-0.39, 0.29) is 5.75 Å². The lowest BCUT2D eigenvalue weighted by Gasteiger charge is -2.18. The Morgan fingerprint density at radius 3 is 2.35 bits per heavy atom. The van der Waals surface area contributed by atoms with E-state index >= 15 is 0 Å². The lowest BCUT2D eigenvalue weighted by atomic mass is 10.1. The van der Waals surface area contributed by atoms with E-state index in [4.69, 9.17) is 4.74 Å². The van der Waals surface area contributed by atoms with E-state index in [1.165, 1.54) is 25.4 Å². The Morgan fingerprint density at radius 2 is 1.81 bits per heavy atom. The monoisotopic (exact) mass is 377 g/mol. The van der Waals surface area contributed by atoms with Crippen molar-refractivity contribution < 1.29 is 22.7 Å². The number of nitrogens with zero attached hydrogens (tertiary/aromatic N) is 1. The SMILES string of the molecule is COc1ccc(NC(=O)C(=O)N[C@H](CS(C)(=O)=O)c2ccccc2)cn1. The molecule has 2 N–H and O–H groups in total. The van der Waals surface area contributed by atoms with Crippen LogP contribution in [0.3, 0.4) is 0 Å². The van der Waals surface area contributed by atoms with E-state index in [9.17, 15) is 18.0 Å². The zero-order valence-electron chi connectivity index (χ0n) is 14.3. The molecule has 0 saturated heterocycles. The summed E-state index contributed by atoms with van der Waals surface area (Å²) < 4.78 is 28.2. The highest BCUT2D eigenvalue weighted by molar-refractivity contribution is 7.90. The van der Waals surface area contributed by atoms with Crippen molar-refractivity contribution in [3.63, 3.8) is 0 Å². The molecule has 2 aromatic rings. The number of nitrogens with one attached hydrogen (secondary N) is 2. The van der Waals surface area contributed by atoms with Crippen LogP contribution in [0.5, 0.6) is 5.88 Å². The molecular formula is C17H19N3O5S. The average Bonchev–Trinajstić information content (AvgIpc) is 2.61. The number of amides is 2. The standard InChI is InChI=1S/C17H19N3O5S/c1-25-15-9-8-13(10-18-15)19-16(21)17(22)20-14(11-26(2,23)24)12-6-4-3-5-7-12/h3-10,14H,11H2,1-2H3,(H,19,21)(H,20,22)/t14-/m1/s1. The van der Waals surface area contributed by atoms with Gasteiger partial charge in [-0.3, -0.25) is 9.59 Å². The van der Waals surface area contributed by atoms with E-state index in [1.807, 2.05) is 0 Å². The van der Waals surface area contributed by atoms with Gasteiger partial charge in [0.15, 0.2) is 0 Å². The van der Waals surface area contributed by atoms with Crippen LogP contribution in [0.25, 0.3) is 0 Å². The number of hydrogen-bond acceptors (Lipinski definition) is 6. The molecule has 0 aliphatic heterocycles. The minimum atomic E-state index is -3.38. The van der Waals surface area contributed by atoms with Crippen molar-refractivity contribution in [3.8, 4) is 5.88 Å². The second-order valence-electron chi connectivity index (χ2n) is 5.57. The summed E-state index contributed by atoms with van der Waals surface area (Å²) in [7, 11) is -1.92. The van der Waals surface area contributed by atoms with Crippen molar-refractivity contribution in [1.29, 1.82) is 0 Å². The summed E-state index contributed by atoms with van der Waals surface area (Å²) in [5, 5.41) is 4.85. The first-order valence-electron chi connectivity index (χ1n) is 7.63. The first-order valence-corrected chi connectivity index (χ1v) is 9.69. The van der Waals surface area contributed by atoms with E-state index in [1.54, 1.807) is 30.3 Å². The van der Waals surface area contributed by atoms with Crippen LogP contribution in [0.1, 0.15) is 11.6 Å². The minimum Gasteiger partial charge on any atom is -0.481 e. The van der Waals surface area contributed by atoms with Crippen molar-refractivity contribution in [2.24, 2.45) is 0 Å². The maximum atomic E-state index is 12.2. The van der Waals surface area contributed by atoms with Gasteiger partial charge < -0.3 is 15.4 Å². The summed E-state index contributed by atoms with van der Waals surface area (Å²) in [4.78, 5) is 28.2. The molecule has 1 heterocycles. The second-order valence-corrected chi connectivity index (χ2v) is 7.76. The lowest BCUT2D eigenvalue weighted by Crippen LogP contribution is -2.40. The topological polar surface area (TPSA) is 114 Å². The highest BCUT2D eigenvalue weighted by Crippen LogP contribution is 2.15. The Kier molecular flexibility index (Phi) is 6.29. The van der Waals surface area contributed by atoms with Gasteiger partial charge in [-0.1, -0.05) is 30.3 Å². The Hall–Kier alpha value is -2.94. The number of hydrogen-bond donors (Lipinski definition) is 2. The number of pyridine rings is 1. The molecule has 0 saturated carbocycles. The zero-order valence-corrected chi connectivity index (χ0v) is 15.1. The molecule has 0 fully saturated rings. The van der Waals surface area contributed by atoms with Crippen LogP contribution in [0.4, 0.5) is 5.69 Å². The van der Waals surface area contributed by atoms with E-state index in [0.717, 1.165) is 6.26 Å². The summed E-state index contributed by atoms with van der Waals surface area (Å²) in [6, 6.07) is 10.8. The Labute approximate surface area is 151 Å². The normalized spacial score (nSPS) is 12.1. The maximum absolute atomic E-state index is 12.2. The highest BCUT2D eigenvalue weighted by atomic mass is 32.2. The van der Waals surface area contributed by atoms with Crippen molar-refractivity contribution in [2.75, 3.05) is 24.4 Å². The molecule has 0 aliphatic carbocycles. The van der Waals surface area contributed by atoms with Gasteiger partial charge in [0.1, 0.15) is 9.84 Å². The second kappa shape index (κ2) is 8.43. The van der Waals surface area contributed by atoms with Crippen molar-refractivity contribution in [1.82, 2.24) is 10.3 Å². The van der Waals surface area contributed by atoms with Gasteiger partial charge in [0.2, 0.25) is 5.88 Å². The number of ether oxygens (including phenoxy) is 1. The molecule has 0 spiro atoms. The highest BCUT2D eigenvalue weighted by Gasteiger charge is 2.23. The summed E-state index contributed by atoms with van der Waals surface area (Å²) in [5.74, 6) is -1.82. The minimum absolute atomic E-state index is 0.310. The summed E-state index contributed by atoms with van der Waals surface area (Å²) in [5.41, 5.74) is 0.899. The molecule has 8 nitrogen and oxygen atoms in total. The number of carbonyl (C=O) groups excluding carboxylic acids is 2. The number of carbonyl (C=O) groups is 2. The number of benzene rings is 1. The number of anilines is 1. The molecule has 0 radical (unpaired) electrons. The van der Waals surface area contributed by atoms with Crippen LogP contribution in [-0.2, 0) is 19.4 Å². The van der Waals surface area contributed by atoms with Gasteiger partial charge in [0.25, 0.3) is 0 Å². The van der Waals surface area contributed by atoms with E-state index < -0.39 is 27.7 Å². The number of sulfone groups is 1. The van der Waals surface area contributed by atoms with Crippen molar-refractivity contribution in [3.05, 3.63) is 54.2 Å². The van der Waals surface area contributed by atoms with Crippen LogP contribution in [0.15, 0.2) is 48.7 Å². The Morgan fingerprint density at radius 1 is 1.12 bits per heavy atom. The van der Waals surface area contributed by atoms with Gasteiger partial charge >= 0.3 is 11.8 Å². The molecule has 9 heteroatoms. The molecule has 1 aromatic heterocycles. The van der Waals surface area contributed by atoms with Gasteiger partial charge in [0.05, 0.1) is 30.8 Å². The van der Waals surface area contributed by atoms with Crippen LogP contribution >= 0.6 is 0 Å². The molecule has 0 bridgehead atoms. The number of methoxy groups -OCH3 is 1. The van der Waals surface area contributed by atoms with Crippen LogP contribution in [0.2, 0.25) is 0 Å². The van der Waals surface area contributed by atoms with Gasteiger partial charge in [-0.15, -0.1) is 0 Å². The lowest BCUT2D eigenvalue weighted by molar-refractivity contribution is -0.136. The number of aromatic nitrogens is 1. The molecule has 26 heavy (non-hydrogen) atoms. The van der Waals surface area contributed by atoms with Gasteiger partial charge in [-0.25, -0.2) is 13.4 Å². The fourth-order valence-corrected chi connectivity index (χ4v) is 3.08. The van der Waals surface area contributed by atoms with Crippen LogP contribution in [0, 0.1) is 0 Å². The van der Waals surface area contributed by atoms with E-state index in [2.05, 4.69) is 15.6 Å². The fourth-order valence-electron chi connectivity index (χ4n) is 2.20. The Bertz CT molecular complexity index is 867. The maximum Gasteiger partial charge on any atom is 0.313 e. The predicted octanol–water partition coefficient (Wildman–Crippen LogP) is 0.931. The predicted molar refractivity (Wildman–Crippen MR) is 96.5 cm³/mol. The van der Waals surface area contributed by atoms with Crippen molar-refractivity contribution >= 4 is 27.3 Å². The van der Waals surface area contributed by atoms with Crippen LogP contribution < -0.4 is 15.4 Å². The largest absolute Gasteiger partial charge is 0.481 e. The summed E-state index contributed by atoms with van der Waals surface area (Å²) >= 11 is 0. The molecule has 2 rings (SSSR count). The van der Waals surface area contributed by atoms with E-state index in [0.29, 0.717) is 17.1 Å². The third-order valence-electron chi connectivity index (χ3n) is 3.39. The molecule has 0 aliphatic rings. The average molecular weight is 377 g/mol. The van der Waals surface area contributed by atoms with Gasteiger partial charge in [-0.05, 0) is 11.6 Å². The number of rotatable bonds is 6. The molecule has 1 atom stereocenters. The summed E-state index contributed by atoms with van der Waals surface area (Å²) in [6.07, 6.45) is 2.41. The quantitative estimate of drug-likeness (QED) is 0.724. The fraction of sp³-hybridized carbons (Fsp3) is 0.235. The third-order valence-corrected chi connectivity index (χ3v) is 4.33. The summed E-state index contributed by atoms with van der Waals surface area (Å²) in [6.45, 7) is 0. The molecular weight excluding hydrogens is 358 g/mol. The first-order chi connectivity index (χ1) is 12.3. The van der Waals surface area contributed by atoms with Gasteiger partial charge in [-0.2, -0.15) is 0 Å². The van der Waals surface area contributed by atoms with Gasteiger partial charge in [0, 0.05) is 12.3 Å². The third kappa shape index (κ3) is 5.85. The van der Waals surface area contributed by atoms with Crippen LogP contribution in [-0.4, -0.2) is 44.3 Å². The molecule has 138 valence electrons. The first kappa shape index (κ1) is 19.4. The molecule has 2 amide bonds. The molecule has 0 unspecified atom stereocenters. The Balaban J connectivity index is 2.08. The van der Waals surface area contributed by atoms with Crippen molar-refractivity contribution in [2.45, 2.75) is 6.04 Å². The smallest absolute Gasteiger partial charge is 0.313 e. The zero-order chi connectivity index (χ0) is 19.2. The molecule has 1 aromatic carbocycles.